The van der Waals surface area contributed by atoms with Gasteiger partial charge in [0, 0.05) is 12.6 Å². The molecule has 2 heterocycles. The Morgan fingerprint density at radius 3 is 2.81 bits per heavy atom. The van der Waals surface area contributed by atoms with Crippen LogP contribution in [0.15, 0.2) is 6.07 Å². The van der Waals surface area contributed by atoms with E-state index in [0.29, 0.717) is 12.6 Å². The molecule has 114 valence electrons. The molecule has 0 spiro atoms. The number of halogens is 2. The van der Waals surface area contributed by atoms with Gasteiger partial charge in [0.25, 0.3) is 0 Å². The minimum Gasteiger partial charge on any atom is -0.368 e. The molecule has 1 atom stereocenters. The number of hydrogen-bond donors (Lipinski definition) is 2. The second-order valence-electron chi connectivity index (χ2n) is 4.77. The second-order valence-corrected chi connectivity index (χ2v) is 4.77. The van der Waals surface area contributed by atoms with Gasteiger partial charge in [-0.2, -0.15) is 0 Å². The molecule has 1 fully saturated rings. The normalized spacial score (nSPS) is 18.7. The van der Waals surface area contributed by atoms with Gasteiger partial charge < -0.3 is 10.2 Å². The van der Waals surface area contributed by atoms with Crippen LogP contribution in [0.4, 0.5) is 20.4 Å². The van der Waals surface area contributed by atoms with Crippen molar-refractivity contribution in [2.75, 3.05) is 23.3 Å². The van der Waals surface area contributed by atoms with E-state index in [1.54, 1.807) is 0 Å². The zero-order valence-electron chi connectivity index (χ0n) is 11.7. The Kier molecular flexibility index (Phi) is 4.35. The van der Waals surface area contributed by atoms with Gasteiger partial charge in [-0.3, -0.25) is 14.9 Å². The third-order valence-electron chi connectivity index (χ3n) is 3.15. The van der Waals surface area contributed by atoms with E-state index in [9.17, 15) is 18.4 Å². The summed E-state index contributed by atoms with van der Waals surface area (Å²) in [6.07, 6.45) is 0.745. The second kappa shape index (κ2) is 6.02. The van der Waals surface area contributed by atoms with E-state index >= 15 is 0 Å². The lowest BCUT2D eigenvalue weighted by Gasteiger charge is -2.32. The highest BCUT2D eigenvalue weighted by Crippen LogP contribution is 2.25. The summed E-state index contributed by atoms with van der Waals surface area (Å²) >= 11 is 0. The molecule has 0 aromatic carbocycles. The van der Waals surface area contributed by atoms with Gasteiger partial charge >= 0.3 is 0 Å². The van der Waals surface area contributed by atoms with Crippen LogP contribution in [-0.2, 0) is 9.59 Å². The average molecular weight is 298 g/mol. The standard InChI is InChI=1S/C13H16F2N4O2/c1-3-4-16-11-8(14)5-9(15)12(18-11)19-6-10(20)17-13(21)7(19)2/h5,7H,3-4,6H2,1-2H3,(H,16,18)(H,17,20,21). The van der Waals surface area contributed by atoms with Crippen molar-refractivity contribution in [1.29, 1.82) is 0 Å². The summed E-state index contributed by atoms with van der Waals surface area (Å²) in [7, 11) is 0. The molecule has 1 aromatic heterocycles. The van der Waals surface area contributed by atoms with Gasteiger partial charge in [-0.15, -0.1) is 0 Å². The zero-order valence-corrected chi connectivity index (χ0v) is 11.7. The summed E-state index contributed by atoms with van der Waals surface area (Å²) in [4.78, 5) is 28.1. The van der Waals surface area contributed by atoms with Gasteiger partial charge in [-0.05, 0) is 13.3 Å². The fourth-order valence-corrected chi connectivity index (χ4v) is 2.00. The first kappa shape index (κ1) is 15.1. The summed E-state index contributed by atoms with van der Waals surface area (Å²) < 4.78 is 27.6. The molecule has 2 rings (SSSR count). The van der Waals surface area contributed by atoms with Gasteiger partial charge in [0.2, 0.25) is 11.8 Å². The number of imide groups is 1. The van der Waals surface area contributed by atoms with Crippen LogP contribution in [0.1, 0.15) is 20.3 Å². The highest BCUT2D eigenvalue weighted by atomic mass is 19.1. The van der Waals surface area contributed by atoms with Gasteiger partial charge in [-0.25, -0.2) is 13.8 Å². The minimum absolute atomic E-state index is 0.0983. The lowest BCUT2D eigenvalue weighted by molar-refractivity contribution is -0.132. The fourth-order valence-electron chi connectivity index (χ4n) is 2.00. The molecule has 0 radical (unpaired) electrons. The van der Waals surface area contributed by atoms with Crippen molar-refractivity contribution in [3.05, 3.63) is 17.7 Å². The van der Waals surface area contributed by atoms with E-state index in [1.807, 2.05) is 6.92 Å². The number of nitrogens with one attached hydrogen (secondary N) is 2. The number of nitrogens with zero attached hydrogens (tertiary/aromatic N) is 2. The van der Waals surface area contributed by atoms with Crippen molar-refractivity contribution in [1.82, 2.24) is 10.3 Å². The Morgan fingerprint density at radius 2 is 2.14 bits per heavy atom. The SMILES string of the molecule is CCCNc1nc(N2CC(=O)NC(=O)C2C)c(F)cc1F. The predicted molar refractivity (Wildman–Crippen MR) is 72.9 cm³/mol. The van der Waals surface area contributed by atoms with Crippen LogP contribution in [0.2, 0.25) is 0 Å². The van der Waals surface area contributed by atoms with Crippen LogP contribution in [0.5, 0.6) is 0 Å². The van der Waals surface area contributed by atoms with Crippen molar-refractivity contribution >= 4 is 23.5 Å². The van der Waals surface area contributed by atoms with Gasteiger partial charge in [0.05, 0.1) is 6.54 Å². The first-order chi connectivity index (χ1) is 9.93. The van der Waals surface area contributed by atoms with Crippen LogP contribution in [0.25, 0.3) is 0 Å². The number of piperazine rings is 1. The van der Waals surface area contributed by atoms with E-state index in [1.165, 1.54) is 11.8 Å². The van der Waals surface area contributed by atoms with Crippen molar-refractivity contribution in [3.63, 3.8) is 0 Å². The summed E-state index contributed by atoms with van der Waals surface area (Å²) in [5, 5.41) is 4.89. The van der Waals surface area contributed by atoms with Crippen LogP contribution in [0.3, 0.4) is 0 Å². The van der Waals surface area contributed by atoms with E-state index < -0.39 is 29.5 Å². The maximum atomic E-state index is 13.9. The monoisotopic (exact) mass is 298 g/mol. The lowest BCUT2D eigenvalue weighted by Crippen LogP contribution is -2.57. The number of amides is 2. The Bertz CT molecular complexity index is 580. The molecular formula is C13H16F2N4O2. The number of carbonyl (C=O) groups excluding carboxylic acids is 2. The van der Waals surface area contributed by atoms with Crippen LogP contribution >= 0.6 is 0 Å². The largest absolute Gasteiger partial charge is 0.368 e. The van der Waals surface area contributed by atoms with Crippen LogP contribution in [-0.4, -0.2) is 35.9 Å². The molecule has 1 saturated heterocycles. The molecule has 0 aliphatic carbocycles. The van der Waals surface area contributed by atoms with Gasteiger partial charge in [0.1, 0.15) is 6.04 Å². The Labute approximate surface area is 120 Å². The number of hydrogen-bond acceptors (Lipinski definition) is 5. The summed E-state index contributed by atoms with van der Waals surface area (Å²) in [6.45, 7) is 3.68. The van der Waals surface area contributed by atoms with Crippen molar-refractivity contribution in [3.8, 4) is 0 Å². The Hall–Kier alpha value is -2.25. The van der Waals surface area contributed by atoms with E-state index in [4.69, 9.17) is 0 Å². The molecule has 1 aromatic rings. The Morgan fingerprint density at radius 1 is 1.43 bits per heavy atom. The zero-order chi connectivity index (χ0) is 15.6. The highest BCUT2D eigenvalue weighted by molar-refractivity contribution is 6.04. The predicted octanol–water partition coefficient (Wildman–Crippen LogP) is 1.03. The Balaban J connectivity index is 2.37. The molecule has 1 aliphatic heterocycles. The van der Waals surface area contributed by atoms with E-state index in [2.05, 4.69) is 15.6 Å². The number of anilines is 2. The molecule has 2 amide bonds. The molecule has 1 unspecified atom stereocenters. The molecule has 21 heavy (non-hydrogen) atoms. The first-order valence-corrected chi connectivity index (χ1v) is 6.64. The third-order valence-corrected chi connectivity index (χ3v) is 3.15. The smallest absolute Gasteiger partial charge is 0.249 e. The number of rotatable bonds is 4. The molecule has 8 heteroatoms. The minimum atomic E-state index is -0.913. The quantitative estimate of drug-likeness (QED) is 0.812. The third kappa shape index (κ3) is 3.09. The van der Waals surface area contributed by atoms with Crippen LogP contribution in [0, 0.1) is 11.6 Å². The molecule has 0 bridgehead atoms. The van der Waals surface area contributed by atoms with Crippen molar-refractivity contribution in [2.24, 2.45) is 0 Å². The maximum Gasteiger partial charge on any atom is 0.249 e. The summed E-state index contributed by atoms with van der Waals surface area (Å²) in [5.74, 6) is -3.13. The average Bonchev–Trinajstić information content (AvgIpc) is 2.42. The highest BCUT2D eigenvalue weighted by Gasteiger charge is 2.33. The number of pyridine rings is 1. The van der Waals surface area contributed by atoms with Crippen molar-refractivity contribution < 1.29 is 18.4 Å². The van der Waals surface area contributed by atoms with Crippen molar-refractivity contribution in [2.45, 2.75) is 26.3 Å². The molecule has 1 aliphatic rings. The lowest BCUT2D eigenvalue weighted by atomic mass is 10.2. The molecule has 6 nitrogen and oxygen atoms in total. The number of aromatic nitrogens is 1. The first-order valence-electron chi connectivity index (χ1n) is 6.64. The van der Waals surface area contributed by atoms with E-state index in [-0.39, 0.29) is 18.2 Å². The summed E-state index contributed by atoms with van der Waals surface area (Å²) in [5.41, 5.74) is 0. The molecular weight excluding hydrogens is 282 g/mol. The molecule has 0 saturated carbocycles. The topological polar surface area (TPSA) is 74.3 Å². The van der Waals surface area contributed by atoms with Gasteiger partial charge in [-0.1, -0.05) is 6.92 Å². The van der Waals surface area contributed by atoms with Crippen LogP contribution < -0.4 is 15.5 Å². The van der Waals surface area contributed by atoms with E-state index in [0.717, 1.165) is 6.42 Å². The maximum absolute atomic E-state index is 13.9. The fraction of sp³-hybridized carbons (Fsp3) is 0.462. The van der Waals surface area contributed by atoms with Gasteiger partial charge in [0.15, 0.2) is 23.3 Å². The summed E-state index contributed by atoms with van der Waals surface area (Å²) in [6, 6.07) is -0.0708. The number of carbonyl (C=O) groups is 2. The molecule has 2 N–H and O–H groups in total.